The third-order valence-corrected chi connectivity index (χ3v) is 7.30. The minimum absolute atomic E-state index is 0.0110. The average molecular weight is 302 g/mol. The summed E-state index contributed by atoms with van der Waals surface area (Å²) in [6, 6.07) is 0. The van der Waals surface area contributed by atoms with Gasteiger partial charge >= 0.3 is 5.97 Å². The lowest BCUT2D eigenvalue weighted by Crippen LogP contribution is -2.56. The van der Waals surface area contributed by atoms with Crippen molar-refractivity contribution >= 4 is 11.8 Å². The van der Waals surface area contributed by atoms with Crippen molar-refractivity contribution in [3.63, 3.8) is 0 Å². The van der Waals surface area contributed by atoms with Crippen molar-refractivity contribution in [1.82, 2.24) is 0 Å². The highest BCUT2D eigenvalue weighted by Crippen LogP contribution is 2.61. The van der Waals surface area contributed by atoms with Crippen LogP contribution in [-0.4, -0.2) is 17.4 Å². The van der Waals surface area contributed by atoms with Crippen LogP contribution in [0.3, 0.4) is 0 Å². The van der Waals surface area contributed by atoms with Crippen LogP contribution >= 0.6 is 0 Å². The highest BCUT2D eigenvalue weighted by molar-refractivity contribution is 5.91. The van der Waals surface area contributed by atoms with Crippen molar-refractivity contribution in [2.75, 3.05) is 0 Å². The van der Waals surface area contributed by atoms with Gasteiger partial charge in [0.1, 0.15) is 5.60 Å². The number of allylic oxidation sites excluding steroid dienone is 2. The molecule has 2 saturated carbocycles. The molecule has 4 aliphatic rings. The second kappa shape index (κ2) is 4.69. The van der Waals surface area contributed by atoms with Gasteiger partial charge in [0.15, 0.2) is 5.78 Å². The van der Waals surface area contributed by atoms with E-state index in [1.165, 1.54) is 5.57 Å². The van der Waals surface area contributed by atoms with Gasteiger partial charge in [-0.3, -0.25) is 9.59 Å². The van der Waals surface area contributed by atoms with Gasteiger partial charge in [0, 0.05) is 18.8 Å². The minimum Gasteiger partial charge on any atom is -0.459 e. The second-order valence-electron chi connectivity index (χ2n) is 8.33. The molecule has 3 nitrogen and oxygen atoms in total. The van der Waals surface area contributed by atoms with Gasteiger partial charge in [0.25, 0.3) is 0 Å². The summed E-state index contributed by atoms with van der Waals surface area (Å²) < 4.78 is 5.81. The fourth-order valence-corrected chi connectivity index (χ4v) is 6.08. The number of rotatable bonds is 0. The Bertz CT molecular complexity index is 563. The maximum Gasteiger partial charge on any atom is 0.306 e. The number of fused-ring (bicyclic) bond motifs is 5. The Morgan fingerprint density at radius 3 is 2.64 bits per heavy atom. The first kappa shape index (κ1) is 14.5. The molecule has 22 heavy (non-hydrogen) atoms. The zero-order valence-electron chi connectivity index (χ0n) is 13.7. The monoisotopic (exact) mass is 302 g/mol. The molecule has 5 atom stereocenters. The summed E-state index contributed by atoms with van der Waals surface area (Å²) in [6.45, 7) is 4.54. The Morgan fingerprint density at radius 2 is 1.82 bits per heavy atom. The first-order chi connectivity index (χ1) is 10.4. The predicted octanol–water partition coefficient (Wildman–Crippen LogP) is 3.81. The van der Waals surface area contributed by atoms with E-state index in [1.807, 2.05) is 6.08 Å². The zero-order chi connectivity index (χ0) is 15.5. The lowest BCUT2D eigenvalue weighted by molar-refractivity contribution is -0.194. The Labute approximate surface area is 132 Å². The second-order valence-corrected chi connectivity index (χ2v) is 8.33. The molecule has 0 bridgehead atoms. The fraction of sp³-hybridized carbons (Fsp3) is 0.789. The Balaban J connectivity index is 1.67. The van der Waals surface area contributed by atoms with Gasteiger partial charge in [-0.2, -0.15) is 0 Å². The lowest BCUT2D eigenvalue weighted by atomic mass is 9.48. The molecule has 0 aromatic heterocycles. The van der Waals surface area contributed by atoms with E-state index in [9.17, 15) is 9.59 Å². The minimum atomic E-state index is -0.238. The van der Waals surface area contributed by atoms with Crippen LogP contribution in [0.5, 0.6) is 0 Å². The molecule has 0 spiro atoms. The molecule has 3 fully saturated rings. The van der Waals surface area contributed by atoms with Crippen LogP contribution in [0.15, 0.2) is 11.6 Å². The molecule has 0 aromatic carbocycles. The fourth-order valence-electron chi connectivity index (χ4n) is 6.08. The normalized spacial score (nSPS) is 47.7. The number of hydrogen-bond acceptors (Lipinski definition) is 3. The molecule has 3 unspecified atom stereocenters. The van der Waals surface area contributed by atoms with Gasteiger partial charge in [-0.15, -0.1) is 0 Å². The van der Waals surface area contributed by atoms with Crippen LogP contribution in [0.2, 0.25) is 0 Å². The molecule has 0 radical (unpaired) electrons. The summed E-state index contributed by atoms with van der Waals surface area (Å²) in [4.78, 5) is 23.5. The highest BCUT2D eigenvalue weighted by atomic mass is 16.6. The van der Waals surface area contributed by atoms with E-state index in [2.05, 4.69) is 13.8 Å². The average Bonchev–Trinajstić information content (AvgIpc) is 2.46. The Morgan fingerprint density at radius 1 is 1.00 bits per heavy atom. The molecule has 1 saturated heterocycles. The van der Waals surface area contributed by atoms with Gasteiger partial charge in [-0.25, -0.2) is 0 Å². The van der Waals surface area contributed by atoms with Gasteiger partial charge in [-0.05, 0) is 68.8 Å². The summed E-state index contributed by atoms with van der Waals surface area (Å²) in [5.41, 5.74) is 1.37. The maximum atomic E-state index is 11.8. The van der Waals surface area contributed by atoms with Gasteiger partial charge in [-0.1, -0.05) is 12.5 Å². The first-order valence-corrected chi connectivity index (χ1v) is 8.88. The largest absolute Gasteiger partial charge is 0.459 e. The SMILES string of the molecule is C[C@]12CCC(=O)C=C1CCC1C2CC[C@]2(C)OC(=O)CCC12. The van der Waals surface area contributed by atoms with E-state index >= 15 is 0 Å². The summed E-state index contributed by atoms with van der Waals surface area (Å²) in [7, 11) is 0. The van der Waals surface area contributed by atoms with Crippen LogP contribution in [0.25, 0.3) is 0 Å². The molecule has 1 aliphatic heterocycles. The van der Waals surface area contributed by atoms with E-state index < -0.39 is 0 Å². The predicted molar refractivity (Wildman–Crippen MR) is 83.1 cm³/mol. The van der Waals surface area contributed by atoms with Crippen molar-refractivity contribution in [1.29, 1.82) is 0 Å². The molecule has 3 aliphatic carbocycles. The van der Waals surface area contributed by atoms with Crippen LogP contribution < -0.4 is 0 Å². The topological polar surface area (TPSA) is 43.4 Å². The quantitative estimate of drug-likeness (QED) is 0.639. The van der Waals surface area contributed by atoms with Gasteiger partial charge in [0.05, 0.1) is 0 Å². The van der Waals surface area contributed by atoms with Crippen molar-refractivity contribution in [3.05, 3.63) is 11.6 Å². The van der Waals surface area contributed by atoms with Crippen LogP contribution in [0, 0.1) is 23.2 Å². The smallest absolute Gasteiger partial charge is 0.306 e. The number of esters is 1. The van der Waals surface area contributed by atoms with E-state index in [1.54, 1.807) is 0 Å². The molecule has 0 aromatic rings. The highest BCUT2D eigenvalue weighted by Gasteiger charge is 2.57. The van der Waals surface area contributed by atoms with Crippen molar-refractivity contribution in [2.24, 2.45) is 23.2 Å². The van der Waals surface area contributed by atoms with E-state index in [0.29, 0.717) is 36.4 Å². The molecule has 4 rings (SSSR count). The number of ether oxygens (including phenoxy) is 1. The molecule has 0 amide bonds. The third kappa shape index (κ3) is 1.93. The van der Waals surface area contributed by atoms with Crippen LogP contribution in [0.4, 0.5) is 0 Å². The Hall–Kier alpha value is -1.12. The van der Waals surface area contributed by atoms with Crippen LogP contribution in [-0.2, 0) is 14.3 Å². The van der Waals surface area contributed by atoms with E-state index in [0.717, 1.165) is 38.5 Å². The van der Waals surface area contributed by atoms with Crippen LogP contribution in [0.1, 0.15) is 65.2 Å². The molecular formula is C19H26O3. The summed E-state index contributed by atoms with van der Waals surface area (Å²) in [5, 5.41) is 0. The van der Waals surface area contributed by atoms with Crippen molar-refractivity contribution in [3.8, 4) is 0 Å². The maximum absolute atomic E-state index is 11.8. The van der Waals surface area contributed by atoms with E-state index in [4.69, 9.17) is 4.74 Å². The molecular weight excluding hydrogens is 276 g/mol. The third-order valence-electron chi connectivity index (χ3n) is 7.30. The summed E-state index contributed by atoms with van der Waals surface area (Å²) in [6.07, 6.45) is 9.60. The zero-order valence-corrected chi connectivity index (χ0v) is 13.7. The van der Waals surface area contributed by atoms with Gasteiger partial charge in [0.2, 0.25) is 0 Å². The standard InChI is InChI=1S/C19H26O3/c1-18-9-7-13(20)11-12(18)3-4-14-15(18)8-10-19(2)16(14)5-6-17(21)22-19/h11,14-16H,3-10H2,1-2H3/t14?,15?,16?,18-,19-/m0/s1. The molecule has 120 valence electrons. The molecule has 0 N–H and O–H groups in total. The number of ketones is 1. The van der Waals surface area contributed by atoms with Crippen molar-refractivity contribution in [2.45, 2.75) is 70.8 Å². The number of carbonyl (C=O) groups excluding carboxylic acids is 2. The van der Waals surface area contributed by atoms with Crippen molar-refractivity contribution < 1.29 is 14.3 Å². The number of carbonyl (C=O) groups is 2. The first-order valence-electron chi connectivity index (χ1n) is 8.88. The van der Waals surface area contributed by atoms with E-state index in [-0.39, 0.29) is 17.0 Å². The Kier molecular flexibility index (Phi) is 3.08. The number of hydrogen-bond donors (Lipinski definition) is 0. The van der Waals surface area contributed by atoms with Gasteiger partial charge < -0.3 is 4.74 Å². The molecule has 1 heterocycles. The summed E-state index contributed by atoms with van der Waals surface area (Å²) >= 11 is 0. The summed E-state index contributed by atoms with van der Waals surface area (Å²) in [5.74, 6) is 2.14. The lowest BCUT2D eigenvalue weighted by Gasteiger charge is -2.59. The molecule has 3 heteroatoms.